The molecule has 21 heavy (non-hydrogen) atoms. The van der Waals surface area contributed by atoms with Crippen LogP contribution in [0.3, 0.4) is 0 Å². The second-order valence-corrected chi connectivity index (χ2v) is 4.93. The normalized spacial score (nSPS) is 12.0. The fraction of sp³-hybridized carbons (Fsp3) is 0.312. The molecule has 4 N–H and O–H groups in total. The van der Waals surface area contributed by atoms with Gasteiger partial charge < -0.3 is 20.9 Å². The molecule has 1 unspecified atom stereocenters. The number of methoxy groups -OCH3 is 2. The molecule has 0 aliphatic heterocycles. The van der Waals surface area contributed by atoms with Crippen molar-refractivity contribution in [1.29, 1.82) is 0 Å². The summed E-state index contributed by atoms with van der Waals surface area (Å²) >= 11 is 0. The summed E-state index contributed by atoms with van der Waals surface area (Å²) in [4.78, 5) is 4.08. The molecule has 1 aromatic carbocycles. The maximum Gasteiger partial charge on any atom is 0.160 e. The number of nitrogens with two attached hydrogens (primary N) is 2. The molecule has 1 atom stereocenters. The van der Waals surface area contributed by atoms with Crippen LogP contribution in [0.2, 0.25) is 0 Å². The van der Waals surface area contributed by atoms with Gasteiger partial charge in [-0.05, 0) is 42.2 Å². The minimum absolute atomic E-state index is 0.0328. The Bertz CT molecular complexity index is 602. The molecule has 1 aromatic heterocycles. The zero-order valence-corrected chi connectivity index (χ0v) is 12.4. The third-order valence-corrected chi connectivity index (χ3v) is 3.37. The van der Waals surface area contributed by atoms with Crippen molar-refractivity contribution < 1.29 is 9.47 Å². The fourth-order valence-corrected chi connectivity index (χ4v) is 2.27. The molecule has 0 spiro atoms. The molecule has 0 bridgehead atoms. The summed E-state index contributed by atoms with van der Waals surface area (Å²) in [5.74, 6) is 1.43. The molecule has 0 aliphatic carbocycles. The average Bonchev–Trinajstić information content (AvgIpc) is 2.49. The van der Waals surface area contributed by atoms with E-state index in [0.29, 0.717) is 17.9 Å². The summed E-state index contributed by atoms with van der Waals surface area (Å²) in [6.45, 7) is 0. The summed E-state index contributed by atoms with van der Waals surface area (Å²) in [6, 6.07) is 7.59. The van der Waals surface area contributed by atoms with E-state index in [1.54, 1.807) is 32.7 Å². The Balaban J connectivity index is 2.06. The Kier molecular flexibility index (Phi) is 5.00. The van der Waals surface area contributed by atoms with E-state index in [1.807, 2.05) is 18.2 Å². The van der Waals surface area contributed by atoms with E-state index >= 15 is 0 Å². The maximum absolute atomic E-state index is 6.21. The van der Waals surface area contributed by atoms with Crippen LogP contribution in [0, 0.1) is 0 Å². The monoisotopic (exact) mass is 287 g/mol. The molecular formula is C16H21N3O2. The second-order valence-electron chi connectivity index (χ2n) is 4.93. The highest BCUT2D eigenvalue weighted by atomic mass is 16.5. The minimum Gasteiger partial charge on any atom is -0.493 e. The lowest BCUT2D eigenvalue weighted by Gasteiger charge is -2.14. The van der Waals surface area contributed by atoms with Crippen LogP contribution in [0.25, 0.3) is 0 Å². The zero-order valence-electron chi connectivity index (χ0n) is 12.4. The highest BCUT2D eigenvalue weighted by Crippen LogP contribution is 2.28. The Labute approximate surface area is 124 Å². The number of rotatable bonds is 6. The largest absolute Gasteiger partial charge is 0.493 e. The van der Waals surface area contributed by atoms with Gasteiger partial charge in [-0.3, -0.25) is 4.98 Å². The van der Waals surface area contributed by atoms with Crippen molar-refractivity contribution >= 4 is 5.69 Å². The number of nitrogens with zero attached hydrogens (tertiary/aromatic N) is 1. The molecule has 0 aliphatic rings. The number of aromatic nitrogens is 1. The van der Waals surface area contributed by atoms with Crippen LogP contribution in [0.1, 0.15) is 11.1 Å². The molecule has 0 saturated carbocycles. The SMILES string of the molecule is COc1ccc(CC(N)Cc2cnccc2N)cc1OC. The Morgan fingerprint density at radius 2 is 1.86 bits per heavy atom. The van der Waals surface area contributed by atoms with Crippen molar-refractivity contribution in [1.82, 2.24) is 4.98 Å². The summed E-state index contributed by atoms with van der Waals surface area (Å²) in [5.41, 5.74) is 14.9. The van der Waals surface area contributed by atoms with Gasteiger partial charge in [0, 0.05) is 24.1 Å². The van der Waals surface area contributed by atoms with Crippen LogP contribution >= 0.6 is 0 Å². The first-order valence-electron chi connectivity index (χ1n) is 6.79. The zero-order chi connectivity index (χ0) is 15.2. The van der Waals surface area contributed by atoms with Crippen molar-refractivity contribution in [2.75, 3.05) is 20.0 Å². The van der Waals surface area contributed by atoms with Gasteiger partial charge in [0.1, 0.15) is 0 Å². The summed E-state index contributed by atoms with van der Waals surface area (Å²) in [6.07, 6.45) is 4.87. The number of benzene rings is 1. The van der Waals surface area contributed by atoms with E-state index in [1.165, 1.54) is 0 Å². The average molecular weight is 287 g/mol. The molecule has 1 heterocycles. The topological polar surface area (TPSA) is 83.4 Å². The predicted molar refractivity (Wildman–Crippen MR) is 83.6 cm³/mol. The van der Waals surface area contributed by atoms with E-state index in [2.05, 4.69) is 4.98 Å². The molecule has 0 radical (unpaired) electrons. The molecule has 0 fully saturated rings. The van der Waals surface area contributed by atoms with Crippen molar-refractivity contribution in [2.45, 2.75) is 18.9 Å². The summed E-state index contributed by atoms with van der Waals surface area (Å²) in [5, 5.41) is 0. The highest BCUT2D eigenvalue weighted by molar-refractivity contribution is 5.45. The first-order valence-corrected chi connectivity index (χ1v) is 6.79. The summed E-state index contributed by atoms with van der Waals surface area (Å²) < 4.78 is 10.5. The third kappa shape index (κ3) is 3.86. The first kappa shape index (κ1) is 15.1. The second kappa shape index (κ2) is 6.95. The van der Waals surface area contributed by atoms with Crippen LogP contribution in [-0.4, -0.2) is 25.2 Å². The van der Waals surface area contributed by atoms with Gasteiger partial charge in [-0.15, -0.1) is 0 Å². The summed E-state index contributed by atoms with van der Waals surface area (Å²) in [7, 11) is 3.24. The van der Waals surface area contributed by atoms with Gasteiger partial charge in [-0.2, -0.15) is 0 Å². The van der Waals surface area contributed by atoms with Gasteiger partial charge in [0.2, 0.25) is 0 Å². The van der Waals surface area contributed by atoms with Crippen LogP contribution < -0.4 is 20.9 Å². The van der Waals surface area contributed by atoms with Crippen molar-refractivity contribution in [3.05, 3.63) is 47.8 Å². The number of nitrogen functional groups attached to an aromatic ring is 1. The lowest BCUT2D eigenvalue weighted by molar-refractivity contribution is 0.354. The Morgan fingerprint density at radius 3 is 2.52 bits per heavy atom. The lowest BCUT2D eigenvalue weighted by atomic mass is 9.99. The molecule has 0 amide bonds. The first-order chi connectivity index (χ1) is 10.1. The van der Waals surface area contributed by atoms with Crippen molar-refractivity contribution in [3.63, 3.8) is 0 Å². The van der Waals surface area contributed by atoms with Gasteiger partial charge in [0.05, 0.1) is 14.2 Å². The van der Waals surface area contributed by atoms with E-state index in [4.69, 9.17) is 20.9 Å². The number of anilines is 1. The van der Waals surface area contributed by atoms with Gasteiger partial charge in [0.15, 0.2) is 11.5 Å². The quantitative estimate of drug-likeness (QED) is 0.846. The number of hydrogen-bond acceptors (Lipinski definition) is 5. The number of hydrogen-bond donors (Lipinski definition) is 2. The van der Waals surface area contributed by atoms with Gasteiger partial charge in [-0.1, -0.05) is 6.07 Å². The van der Waals surface area contributed by atoms with E-state index in [-0.39, 0.29) is 6.04 Å². The third-order valence-electron chi connectivity index (χ3n) is 3.37. The van der Waals surface area contributed by atoms with Crippen LogP contribution in [0.5, 0.6) is 11.5 Å². The minimum atomic E-state index is -0.0328. The van der Waals surface area contributed by atoms with Gasteiger partial charge in [0.25, 0.3) is 0 Å². The van der Waals surface area contributed by atoms with Crippen LogP contribution in [0.15, 0.2) is 36.7 Å². The smallest absolute Gasteiger partial charge is 0.160 e. The highest BCUT2D eigenvalue weighted by Gasteiger charge is 2.10. The molecule has 112 valence electrons. The Morgan fingerprint density at radius 1 is 1.10 bits per heavy atom. The number of ether oxygens (including phenoxy) is 2. The molecule has 2 rings (SSSR count). The molecule has 5 heteroatoms. The van der Waals surface area contributed by atoms with Gasteiger partial charge in [-0.25, -0.2) is 0 Å². The van der Waals surface area contributed by atoms with E-state index in [0.717, 1.165) is 23.2 Å². The molecule has 0 saturated heterocycles. The standard InChI is InChI=1S/C16H21N3O2/c1-20-15-4-3-11(8-16(15)21-2)7-13(17)9-12-10-19-6-5-14(12)18/h3-6,8,10,13H,7,9,17H2,1-2H3,(H2,18,19). The van der Waals surface area contributed by atoms with Crippen LogP contribution in [-0.2, 0) is 12.8 Å². The molecule has 2 aromatic rings. The van der Waals surface area contributed by atoms with E-state index < -0.39 is 0 Å². The molecule has 5 nitrogen and oxygen atoms in total. The predicted octanol–water partition coefficient (Wildman–Crippen LogP) is 1.79. The Hall–Kier alpha value is -2.27. The maximum atomic E-state index is 6.21. The van der Waals surface area contributed by atoms with Crippen LogP contribution in [0.4, 0.5) is 5.69 Å². The molecular weight excluding hydrogens is 266 g/mol. The van der Waals surface area contributed by atoms with Crippen molar-refractivity contribution in [2.24, 2.45) is 5.73 Å². The van der Waals surface area contributed by atoms with Crippen molar-refractivity contribution in [3.8, 4) is 11.5 Å². The lowest BCUT2D eigenvalue weighted by Crippen LogP contribution is -2.26. The fourth-order valence-electron chi connectivity index (χ4n) is 2.27. The number of pyridine rings is 1. The van der Waals surface area contributed by atoms with Gasteiger partial charge >= 0.3 is 0 Å². The van der Waals surface area contributed by atoms with E-state index in [9.17, 15) is 0 Å².